The minimum Gasteiger partial charge on any atom is -0.356 e. The fourth-order valence-corrected chi connectivity index (χ4v) is 4.31. The summed E-state index contributed by atoms with van der Waals surface area (Å²) >= 11 is 0. The van der Waals surface area contributed by atoms with Crippen molar-refractivity contribution in [3.63, 3.8) is 0 Å². The molecular formula is C22H38IN5. The average Bonchev–Trinajstić information content (AvgIpc) is 3.20. The summed E-state index contributed by atoms with van der Waals surface area (Å²) in [4.78, 5) is 9.60. The summed E-state index contributed by atoms with van der Waals surface area (Å²) in [6.45, 7) is 9.32. The van der Waals surface area contributed by atoms with Crippen molar-refractivity contribution < 1.29 is 0 Å². The molecule has 0 aliphatic carbocycles. The van der Waals surface area contributed by atoms with Gasteiger partial charge in [-0.25, -0.2) is 0 Å². The molecule has 0 aromatic heterocycles. The van der Waals surface area contributed by atoms with Crippen molar-refractivity contribution in [1.29, 1.82) is 0 Å². The third-order valence-corrected chi connectivity index (χ3v) is 5.95. The number of nitrogens with one attached hydrogen (secondary N) is 2. The number of hydrogen-bond donors (Lipinski definition) is 2. The van der Waals surface area contributed by atoms with E-state index in [1.807, 2.05) is 7.05 Å². The van der Waals surface area contributed by atoms with E-state index >= 15 is 0 Å². The second-order valence-corrected chi connectivity index (χ2v) is 8.07. The van der Waals surface area contributed by atoms with E-state index in [4.69, 9.17) is 0 Å². The molecule has 2 heterocycles. The van der Waals surface area contributed by atoms with Gasteiger partial charge in [-0.05, 0) is 64.2 Å². The van der Waals surface area contributed by atoms with Gasteiger partial charge in [0.1, 0.15) is 0 Å². The monoisotopic (exact) mass is 499 g/mol. The van der Waals surface area contributed by atoms with Gasteiger partial charge < -0.3 is 15.5 Å². The Balaban J connectivity index is 0.00000280. The van der Waals surface area contributed by atoms with Gasteiger partial charge in [-0.1, -0.05) is 30.3 Å². The largest absolute Gasteiger partial charge is 0.356 e. The summed E-state index contributed by atoms with van der Waals surface area (Å²) in [5.41, 5.74) is 1.41. The van der Waals surface area contributed by atoms with Crippen LogP contribution in [0.3, 0.4) is 0 Å². The van der Waals surface area contributed by atoms with Gasteiger partial charge in [0.15, 0.2) is 5.96 Å². The summed E-state index contributed by atoms with van der Waals surface area (Å²) in [5, 5.41) is 7.15. The van der Waals surface area contributed by atoms with Gasteiger partial charge in [0, 0.05) is 38.8 Å². The first kappa shape index (κ1) is 23.4. The second-order valence-electron chi connectivity index (χ2n) is 8.07. The lowest BCUT2D eigenvalue weighted by Gasteiger charge is -2.38. The molecule has 0 amide bonds. The lowest BCUT2D eigenvalue weighted by molar-refractivity contribution is 0.134. The van der Waals surface area contributed by atoms with E-state index in [0.717, 1.165) is 25.6 Å². The van der Waals surface area contributed by atoms with Crippen LogP contribution >= 0.6 is 24.0 Å². The third-order valence-electron chi connectivity index (χ3n) is 5.95. The number of likely N-dealkylation sites (tertiary alicyclic amines) is 2. The van der Waals surface area contributed by atoms with Crippen LogP contribution in [0.4, 0.5) is 0 Å². The summed E-state index contributed by atoms with van der Waals surface area (Å²) in [5.74, 6) is 0.963. The smallest absolute Gasteiger partial charge is 0.191 e. The fourth-order valence-electron chi connectivity index (χ4n) is 4.31. The van der Waals surface area contributed by atoms with Crippen molar-refractivity contribution in [1.82, 2.24) is 20.4 Å². The fraction of sp³-hybridized carbons (Fsp3) is 0.682. The molecule has 2 saturated heterocycles. The van der Waals surface area contributed by atoms with Gasteiger partial charge in [0.2, 0.25) is 0 Å². The molecule has 5 nitrogen and oxygen atoms in total. The molecule has 0 bridgehead atoms. The highest BCUT2D eigenvalue weighted by molar-refractivity contribution is 14.0. The van der Waals surface area contributed by atoms with Gasteiger partial charge in [0.25, 0.3) is 0 Å². The van der Waals surface area contributed by atoms with E-state index in [-0.39, 0.29) is 24.0 Å². The van der Waals surface area contributed by atoms with Crippen molar-refractivity contribution in [2.24, 2.45) is 4.99 Å². The molecule has 2 aliphatic rings. The first-order valence-corrected chi connectivity index (χ1v) is 10.7. The quantitative estimate of drug-likeness (QED) is 0.262. The zero-order valence-electron chi connectivity index (χ0n) is 17.6. The Hall–Kier alpha value is -0.860. The molecule has 28 heavy (non-hydrogen) atoms. The summed E-state index contributed by atoms with van der Waals surface area (Å²) < 4.78 is 0. The lowest BCUT2D eigenvalue weighted by Crippen LogP contribution is -2.51. The lowest BCUT2D eigenvalue weighted by atomic mass is 9.97. The van der Waals surface area contributed by atoms with Crippen molar-refractivity contribution in [3.8, 4) is 0 Å². The van der Waals surface area contributed by atoms with Crippen molar-refractivity contribution >= 4 is 29.9 Å². The highest BCUT2D eigenvalue weighted by Gasteiger charge is 2.25. The SMILES string of the molecule is CN=C(NCCCN1CCCC1)NC1CCN(Cc2ccccc2)C(C)C1.I. The number of guanidine groups is 1. The summed E-state index contributed by atoms with van der Waals surface area (Å²) in [6, 6.07) is 11.9. The molecular weight excluding hydrogens is 461 g/mol. The van der Waals surface area contributed by atoms with Crippen LogP contribution in [0.15, 0.2) is 35.3 Å². The molecule has 0 spiro atoms. The predicted octanol–water partition coefficient (Wildman–Crippen LogP) is 3.31. The second kappa shape index (κ2) is 12.6. The maximum Gasteiger partial charge on any atom is 0.191 e. The number of aliphatic imine (C=N–C) groups is 1. The molecule has 2 aliphatic heterocycles. The van der Waals surface area contributed by atoms with Crippen molar-refractivity contribution in [3.05, 3.63) is 35.9 Å². The highest BCUT2D eigenvalue weighted by atomic mass is 127. The first-order chi connectivity index (χ1) is 13.2. The molecule has 1 aromatic carbocycles. The number of nitrogens with zero attached hydrogens (tertiary/aromatic N) is 3. The summed E-state index contributed by atoms with van der Waals surface area (Å²) in [6.07, 6.45) is 6.27. The molecule has 0 radical (unpaired) electrons. The maximum absolute atomic E-state index is 4.43. The van der Waals surface area contributed by atoms with Crippen LogP contribution in [0.5, 0.6) is 0 Å². The average molecular weight is 499 g/mol. The van der Waals surface area contributed by atoms with E-state index < -0.39 is 0 Å². The molecule has 2 atom stereocenters. The first-order valence-electron chi connectivity index (χ1n) is 10.7. The Morgan fingerprint density at radius 1 is 1.14 bits per heavy atom. The van der Waals surface area contributed by atoms with Crippen LogP contribution in [-0.2, 0) is 6.54 Å². The van der Waals surface area contributed by atoms with E-state index in [9.17, 15) is 0 Å². The standard InChI is InChI=1S/C22H37N5.HI/c1-19-17-21(11-16-27(19)18-20-9-4-3-5-10-20)25-22(23-2)24-12-8-15-26-13-6-7-14-26;/h3-5,9-10,19,21H,6-8,11-18H2,1-2H3,(H2,23,24,25);1H. The molecule has 0 saturated carbocycles. The number of piperidine rings is 1. The molecule has 2 fully saturated rings. The van der Waals surface area contributed by atoms with E-state index in [1.165, 1.54) is 57.3 Å². The molecule has 1 aromatic rings. The minimum atomic E-state index is 0. The number of rotatable bonds is 7. The Morgan fingerprint density at radius 2 is 1.89 bits per heavy atom. The maximum atomic E-state index is 4.43. The molecule has 2 N–H and O–H groups in total. The zero-order valence-corrected chi connectivity index (χ0v) is 19.9. The van der Waals surface area contributed by atoms with E-state index in [2.05, 4.69) is 62.7 Å². The van der Waals surface area contributed by atoms with Gasteiger partial charge >= 0.3 is 0 Å². The molecule has 2 unspecified atom stereocenters. The Labute approximate surface area is 188 Å². The highest BCUT2D eigenvalue weighted by Crippen LogP contribution is 2.19. The normalized spacial score (nSPS) is 24.0. The van der Waals surface area contributed by atoms with E-state index in [1.54, 1.807) is 0 Å². The van der Waals surface area contributed by atoms with Crippen LogP contribution in [-0.4, -0.2) is 67.6 Å². The predicted molar refractivity (Wildman–Crippen MR) is 130 cm³/mol. The molecule has 3 rings (SSSR count). The molecule has 6 heteroatoms. The van der Waals surface area contributed by atoms with Crippen molar-refractivity contribution in [2.75, 3.05) is 39.8 Å². The number of benzene rings is 1. The van der Waals surface area contributed by atoms with Gasteiger partial charge in [0.05, 0.1) is 0 Å². The van der Waals surface area contributed by atoms with Gasteiger partial charge in [-0.2, -0.15) is 0 Å². The Bertz CT molecular complexity index is 574. The van der Waals surface area contributed by atoms with E-state index in [0.29, 0.717) is 12.1 Å². The summed E-state index contributed by atoms with van der Waals surface area (Å²) in [7, 11) is 1.88. The minimum absolute atomic E-state index is 0. The van der Waals surface area contributed by atoms with Crippen molar-refractivity contribution in [2.45, 2.75) is 57.7 Å². The number of hydrogen-bond acceptors (Lipinski definition) is 3. The van der Waals surface area contributed by atoms with Crippen LogP contribution in [0.2, 0.25) is 0 Å². The van der Waals surface area contributed by atoms with Gasteiger partial charge in [-0.15, -0.1) is 24.0 Å². The Kier molecular flexibility index (Phi) is 10.6. The topological polar surface area (TPSA) is 42.9 Å². The van der Waals surface area contributed by atoms with Crippen LogP contribution in [0.25, 0.3) is 0 Å². The Morgan fingerprint density at radius 3 is 2.57 bits per heavy atom. The zero-order chi connectivity index (χ0) is 18.9. The number of halogens is 1. The van der Waals surface area contributed by atoms with Crippen LogP contribution in [0, 0.1) is 0 Å². The van der Waals surface area contributed by atoms with Crippen LogP contribution < -0.4 is 10.6 Å². The molecule has 158 valence electrons. The third kappa shape index (κ3) is 7.52. The van der Waals surface area contributed by atoms with Crippen LogP contribution in [0.1, 0.15) is 44.6 Å². The van der Waals surface area contributed by atoms with Gasteiger partial charge in [-0.3, -0.25) is 9.89 Å².